The molecule has 0 aliphatic carbocycles. The predicted molar refractivity (Wildman–Crippen MR) is 63.3 cm³/mol. The summed E-state index contributed by atoms with van der Waals surface area (Å²) in [6, 6.07) is 0. The molecule has 1 saturated heterocycles. The van der Waals surface area contributed by atoms with Crippen molar-refractivity contribution in [3.63, 3.8) is 0 Å². The van der Waals surface area contributed by atoms with Crippen LogP contribution in [-0.2, 0) is 14.3 Å². The molecule has 1 aliphatic heterocycles. The van der Waals surface area contributed by atoms with Crippen LogP contribution in [0.5, 0.6) is 0 Å². The van der Waals surface area contributed by atoms with Gasteiger partial charge in [-0.3, -0.25) is 0 Å². The zero-order valence-electron chi connectivity index (χ0n) is 10.4. The molecule has 0 aromatic rings. The minimum absolute atomic E-state index is 0.178. The van der Waals surface area contributed by atoms with Gasteiger partial charge in [0, 0.05) is 0 Å². The van der Waals surface area contributed by atoms with Gasteiger partial charge in [-0.05, 0) is 6.42 Å². The van der Waals surface area contributed by atoms with Crippen LogP contribution in [0.4, 0.5) is 0 Å². The second kappa shape index (κ2) is 8.57. The zero-order valence-corrected chi connectivity index (χ0v) is 10.4. The van der Waals surface area contributed by atoms with Crippen LogP contribution in [0.2, 0.25) is 0 Å². The largest absolute Gasteiger partial charge is 0.464 e. The van der Waals surface area contributed by atoms with Crippen LogP contribution < -0.4 is 0 Å². The number of rotatable bonds is 10. The molecule has 94 valence electrons. The first-order valence-corrected chi connectivity index (χ1v) is 6.63. The van der Waals surface area contributed by atoms with Gasteiger partial charge in [0.2, 0.25) is 0 Å². The standard InChI is InChI=1S/C13H24O3/c1-2-3-4-5-6-7-8-9-10-15-13(14)12-11-16-12/h12H,2-11H2,1H3. The minimum atomic E-state index is -0.242. The Morgan fingerprint density at radius 3 is 2.25 bits per heavy atom. The van der Waals surface area contributed by atoms with Crippen LogP contribution in [0, 0.1) is 0 Å². The van der Waals surface area contributed by atoms with Crippen LogP contribution in [-0.4, -0.2) is 25.3 Å². The molecule has 1 aliphatic rings. The van der Waals surface area contributed by atoms with Gasteiger partial charge in [-0.25, -0.2) is 4.79 Å². The fourth-order valence-electron chi connectivity index (χ4n) is 1.69. The highest BCUT2D eigenvalue weighted by Crippen LogP contribution is 2.12. The van der Waals surface area contributed by atoms with Crippen LogP contribution in [0.1, 0.15) is 58.3 Å². The number of carbonyl (C=O) groups is 1. The van der Waals surface area contributed by atoms with Gasteiger partial charge in [0.15, 0.2) is 6.10 Å². The van der Waals surface area contributed by atoms with E-state index in [2.05, 4.69) is 6.92 Å². The second-order valence-electron chi connectivity index (χ2n) is 4.46. The normalized spacial score (nSPS) is 18.4. The Kier molecular flexibility index (Phi) is 7.23. The molecule has 1 unspecified atom stereocenters. The Balaban J connectivity index is 1.72. The maximum Gasteiger partial charge on any atom is 0.337 e. The van der Waals surface area contributed by atoms with Gasteiger partial charge < -0.3 is 9.47 Å². The lowest BCUT2D eigenvalue weighted by molar-refractivity contribution is -0.145. The Morgan fingerprint density at radius 2 is 1.69 bits per heavy atom. The third-order valence-electron chi connectivity index (χ3n) is 2.84. The Labute approximate surface area is 98.5 Å². The number of ether oxygens (including phenoxy) is 2. The van der Waals surface area contributed by atoms with Gasteiger partial charge in [0.1, 0.15) is 0 Å². The monoisotopic (exact) mass is 228 g/mol. The highest BCUT2D eigenvalue weighted by Gasteiger charge is 2.32. The molecule has 3 nitrogen and oxygen atoms in total. The van der Waals surface area contributed by atoms with Crippen molar-refractivity contribution in [2.24, 2.45) is 0 Å². The first kappa shape index (κ1) is 13.5. The first-order valence-electron chi connectivity index (χ1n) is 6.63. The lowest BCUT2D eigenvalue weighted by Gasteiger charge is -2.03. The molecule has 0 saturated carbocycles. The summed E-state index contributed by atoms with van der Waals surface area (Å²) in [6.45, 7) is 3.35. The van der Waals surface area contributed by atoms with Crippen molar-refractivity contribution in [3.8, 4) is 0 Å². The van der Waals surface area contributed by atoms with Gasteiger partial charge in [-0.15, -0.1) is 0 Å². The maximum absolute atomic E-state index is 11.1. The van der Waals surface area contributed by atoms with Gasteiger partial charge in [0.05, 0.1) is 13.2 Å². The number of carbonyl (C=O) groups excluding carboxylic acids is 1. The van der Waals surface area contributed by atoms with E-state index in [0.717, 1.165) is 6.42 Å². The number of epoxide rings is 1. The van der Waals surface area contributed by atoms with Crippen molar-refractivity contribution in [1.82, 2.24) is 0 Å². The highest BCUT2D eigenvalue weighted by molar-refractivity contribution is 5.76. The lowest BCUT2D eigenvalue weighted by Crippen LogP contribution is -2.12. The average Bonchev–Trinajstić information content (AvgIpc) is 3.10. The molecule has 0 spiro atoms. The van der Waals surface area contributed by atoms with Crippen molar-refractivity contribution >= 4 is 5.97 Å². The van der Waals surface area contributed by atoms with Gasteiger partial charge in [-0.1, -0.05) is 51.9 Å². The molecular formula is C13H24O3. The van der Waals surface area contributed by atoms with Gasteiger partial charge in [0.25, 0.3) is 0 Å². The molecule has 1 atom stereocenters. The fraction of sp³-hybridized carbons (Fsp3) is 0.923. The van der Waals surface area contributed by atoms with Crippen LogP contribution >= 0.6 is 0 Å². The topological polar surface area (TPSA) is 38.8 Å². The smallest absolute Gasteiger partial charge is 0.337 e. The van der Waals surface area contributed by atoms with E-state index < -0.39 is 0 Å². The van der Waals surface area contributed by atoms with E-state index in [1.165, 1.54) is 44.9 Å². The summed E-state index contributed by atoms with van der Waals surface area (Å²) < 4.78 is 9.88. The molecule has 0 aromatic heterocycles. The number of unbranched alkanes of at least 4 members (excludes halogenated alkanes) is 7. The quantitative estimate of drug-likeness (QED) is 0.328. The summed E-state index contributed by atoms with van der Waals surface area (Å²) in [5.74, 6) is -0.178. The first-order chi connectivity index (χ1) is 7.84. The average molecular weight is 228 g/mol. The van der Waals surface area contributed by atoms with E-state index in [1.54, 1.807) is 0 Å². The van der Waals surface area contributed by atoms with Crippen molar-refractivity contribution in [1.29, 1.82) is 0 Å². The molecule has 0 bridgehead atoms. The van der Waals surface area contributed by atoms with E-state index in [0.29, 0.717) is 13.2 Å². The Hall–Kier alpha value is -0.570. The number of esters is 1. The molecule has 0 radical (unpaired) electrons. The summed E-state index contributed by atoms with van der Waals surface area (Å²) in [5.41, 5.74) is 0. The van der Waals surface area contributed by atoms with E-state index in [9.17, 15) is 4.79 Å². The lowest BCUT2D eigenvalue weighted by atomic mass is 10.1. The molecule has 0 amide bonds. The Morgan fingerprint density at radius 1 is 1.12 bits per heavy atom. The van der Waals surface area contributed by atoms with E-state index in [4.69, 9.17) is 9.47 Å². The molecule has 1 heterocycles. The molecule has 0 N–H and O–H groups in total. The molecule has 1 rings (SSSR count). The Bertz CT molecular complexity index is 188. The summed E-state index contributed by atoms with van der Waals surface area (Å²) in [6.07, 6.45) is 9.89. The molecule has 0 aromatic carbocycles. The van der Waals surface area contributed by atoms with Crippen molar-refractivity contribution < 1.29 is 14.3 Å². The summed E-state index contributed by atoms with van der Waals surface area (Å²) in [5, 5.41) is 0. The van der Waals surface area contributed by atoms with Crippen LogP contribution in [0.15, 0.2) is 0 Å². The van der Waals surface area contributed by atoms with Gasteiger partial charge >= 0.3 is 5.97 Å². The van der Waals surface area contributed by atoms with E-state index in [1.807, 2.05) is 0 Å². The van der Waals surface area contributed by atoms with Crippen molar-refractivity contribution in [2.45, 2.75) is 64.4 Å². The highest BCUT2D eigenvalue weighted by atomic mass is 16.6. The van der Waals surface area contributed by atoms with E-state index in [-0.39, 0.29) is 12.1 Å². The summed E-state index contributed by atoms with van der Waals surface area (Å²) in [7, 11) is 0. The SMILES string of the molecule is CCCCCCCCCCOC(=O)C1CO1. The van der Waals surface area contributed by atoms with Crippen LogP contribution in [0.3, 0.4) is 0 Å². The van der Waals surface area contributed by atoms with Crippen molar-refractivity contribution in [2.75, 3.05) is 13.2 Å². The molecule has 1 fully saturated rings. The summed E-state index contributed by atoms with van der Waals surface area (Å²) >= 11 is 0. The third kappa shape index (κ3) is 6.83. The van der Waals surface area contributed by atoms with Gasteiger partial charge in [-0.2, -0.15) is 0 Å². The maximum atomic E-state index is 11.1. The molecule has 16 heavy (non-hydrogen) atoms. The molecular weight excluding hydrogens is 204 g/mol. The minimum Gasteiger partial charge on any atom is -0.464 e. The van der Waals surface area contributed by atoms with E-state index >= 15 is 0 Å². The molecule has 3 heteroatoms. The van der Waals surface area contributed by atoms with Crippen LogP contribution in [0.25, 0.3) is 0 Å². The third-order valence-corrected chi connectivity index (χ3v) is 2.84. The predicted octanol–water partition coefficient (Wildman–Crippen LogP) is 3.07. The number of hydrogen-bond donors (Lipinski definition) is 0. The zero-order chi connectivity index (χ0) is 11.6. The summed E-state index contributed by atoms with van der Waals surface area (Å²) in [4.78, 5) is 11.1. The number of hydrogen-bond acceptors (Lipinski definition) is 3. The van der Waals surface area contributed by atoms with Crippen molar-refractivity contribution in [3.05, 3.63) is 0 Å². The fourth-order valence-corrected chi connectivity index (χ4v) is 1.69. The second-order valence-corrected chi connectivity index (χ2v) is 4.46.